The van der Waals surface area contributed by atoms with E-state index < -0.39 is 0 Å². The summed E-state index contributed by atoms with van der Waals surface area (Å²) in [5, 5.41) is 3.29. The highest BCUT2D eigenvalue weighted by molar-refractivity contribution is 5.68. The maximum Gasteiger partial charge on any atom is 0.130 e. The fourth-order valence-electron chi connectivity index (χ4n) is 1.89. The van der Waals surface area contributed by atoms with Crippen molar-refractivity contribution in [1.29, 1.82) is 0 Å². The molecule has 0 unspecified atom stereocenters. The van der Waals surface area contributed by atoms with Gasteiger partial charge in [0, 0.05) is 24.3 Å². The molecule has 0 saturated carbocycles. The van der Waals surface area contributed by atoms with Crippen LogP contribution >= 0.6 is 0 Å². The average Bonchev–Trinajstić information content (AvgIpc) is 2.49. The van der Waals surface area contributed by atoms with Crippen molar-refractivity contribution in [3.05, 3.63) is 73.2 Å². The van der Waals surface area contributed by atoms with E-state index in [2.05, 4.69) is 15.3 Å². The number of pyridine rings is 2. The number of nitrogens with one attached hydrogen (secondary N) is 1. The van der Waals surface area contributed by atoms with E-state index in [1.165, 1.54) is 0 Å². The molecule has 0 aliphatic rings. The second-order valence-corrected chi connectivity index (χ2v) is 4.16. The number of nitrogens with zero attached hydrogens (tertiary/aromatic N) is 2. The maximum absolute atomic E-state index is 4.33. The summed E-state index contributed by atoms with van der Waals surface area (Å²) >= 11 is 0. The fourth-order valence-corrected chi connectivity index (χ4v) is 1.89. The lowest BCUT2D eigenvalue weighted by Gasteiger charge is -2.07. The molecule has 2 aromatic heterocycles. The molecule has 1 aromatic carbocycles. The summed E-state index contributed by atoms with van der Waals surface area (Å²) in [6.07, 6.45) is 5.39. The van der Waals surface area contributed by atoms with Crippen molar-refractivity contribution in [3.63, 3.8) is 0 Å². The van der Waals surface area contributed by atoms with Gasteiger partial charge in [0.25, 0.3) is 0 Å². The van der Waals surface area contributed by atoms with Crippen LogP contribution in [0, 0.1) is 0 Å². The Balaban J connectivity index is 1.89. The molecule has 0 saturated heterocycles. The van der Waals surface area contributed by atoms with Crippen molar-refractivity contribution in [1.82, 2.24) is 9.97 Å². The predicted octanol–water partition coefficient (Wildman–Crippen LogP) is 3.89. The van der Waals surface area contributed by atoms with Gasteiger partial charge < -0.3 is 5.32 Å². The highest BCUT2D eigenvalue weighted by atomic mass is 15.0. The number of benzene rings is 1. The first kappa shape index (κ1) is 11.4. The van der Waals surface area contributed by atoms with Crippen LogP contribution in [0.3, 0.4) is 0 Å². The molecule has 0 aliphatic carbocycles. The van der Waals surface area contributed by atoms with Crippen molar-refractivity contribution in [2.75, 3.05) is 5.32 Å². The van der Waals surface area contributed by atoms with Gasteiger partial charge in [-0.25, -0.2) is 4.98 Å². The lowest BCUT2D eigenvalue weighted by atomic mass is 10.1. The number of rotatable bonds is 3. The number of para-hydroxylation sites is 1. The Hall–Kier alpha value is -2.68. The topological polar surface area (TPSA) is 37.8 Å². The zero-order valence-corrected chi connectivity index (χ0v) is 10.3. The Morgan fingerprint density at radius 3 is 2.26 bits per heavy atom. The monoisotopic (exact) mass is 247 g/mol. The molecule has 0 amide bonds. The summed E-state index contributed by atoms with van der Waals surface area (Å²) in [6, 6.07) is 18.0. The summed E-state index contributed by atoms with van der Waals surface area (Å²) in [6.45, 7) is 0. The van der Waals surface area contributed by atoms with Gasteiger partial charge in [-0.3, -0.25) is 4.98 Å². The third kappa shape index (κ3) is 2.77. The summed E-state index contributed by atoms with van der Waals surface area (Å²) in [5.74, 6) is 0.834. The Morgan fingerprint density at radius 1 is 0.737 bits per heavy atom. The highest BCUT2D eigenvalue weighted by Crippen LogP contribution is 2.22. The molecule has 3 aromatic rings. The summed E-state index contributed by atoms with van der Waals surface area (Å²) in [7, 11) is 0. The van der Waals surface area contributed by atoms with Crippen LogP contribution in [0.15, 0.2) is 73.2 Å². The van der Waals surface area contributed by atoms with E-state index in [0.29, 0.717) is 0 Å². The lowest BCUT2D eigenvalue weighted by molar-refractivity contribution is 1.30. The molecule has 0 spiro atoms. The Bertz CT molecular complexity index is 651. The lowest BCUT2D eigenvalue weighted by Crippen LogP contribution is -1.93. The highest BCUT2D eigenvalue weighted by Gasteiger charge is 2.00. The molecular formula is C16H13N3. The number of aromatic nitrogens is 2. The minimum absolute atomic E-state index is 0.834. The standard InChI is InChI=1S/C16H13N3/c1-2-4-15(5-3-1)19-16-12-14(8-11-18-16)13-6-9-17-10-7-13/h1-12H,(H,18,19). The minimum Gasteiger partial charge on any atom is -0.340 e. The van der Waals surface area contributed by atoms with Crippen LogP contribution in [0.1, 0.15) is 0 Å². The maximum atomic E-state index is 4.33. The van der Waals surface area contributed by atoms with E-state index >= 15 is 0 Å². The van der Waals surface area contributed by atoms with E-state index in [1.54, 1.807) is 18.6 Å². The van der Waals surface area contributed by atoms with Gasteiger partial charge in [0.15, 0.2) is 0 Å². The van der Waals surface area contributed by atoms with Crippen LogP contribution < -0.4 is 5.32 Å². The fraction of sp³-hybridized carbons (Fsp3) is 0. The zero-order valence-electron chi connectivity index (χ0n) is 10.3. The Labute approximate surface area is 112 Å². The second kappa shape index (κ2) is 5.31. The van der Waals surface area contributed by atoms with Gasteiger partial charge in [-0.05, 0) is 47.5 Å². The van der Waals surface area contributed by atoms with Crippen LogP contribution in [0.5, 0.6) is 0 Å². The van der Waals surface area contributed by atoms with E-state index in [1.807, 2.05) is 54.6 Å². The van der Waals surface area contributed by atoms with Gasteiger partial charge in [-0.1, -0.05) is 18.2 Å². The molecule has 0 aliphatic heterocycles. The molecule has 19 heavy (non-hydrogen) atoms. The molecule has 0 bridgehead atoms. The van der Waals surface area contributed by atoms with Gasteiger partial charge in [-0.2, -0.15) is 0 Å². The second-order valence-electron chi connectivity index (χ2n) is 4.16. The van der Waals surface area contributed by atoms with Gasteiger partial charge in [0.1, 0.15) is 5.82 Å². The van der Waals surface area contributed by atoms with Crippen molar-refractivity contribution >= 4 is 11.5 Å². The molecule has 3 rings (SSSR count). The molecule has 0 radical (unpaired) electrons. The first-order valence-corrected chi connectivity index (χ1v) is 6.10. The smallest absolute Gasteiger partial charge is 0.130 e. The average molecular weight is 247 g/mol. The van der Waals surface area contributed by atoms with Gasteiger partial charge in [-0.15, -0.1) is 0 Å². The molecule has 3 nitrogen and oxygen atoms in total. The van der Waals surface area contributed by atoms with Gasteiger partial charge >= 0.3 is 0 Å². The van der Waals surface area contributed by atoms with Crippen LogP contribution in [-0.4, -0.2) is 9.97 Å². The van der Waals surface area contributed by atoms with Crippen molar-refractivity contribution in [2.45, 2.75) is 0 Å². The predicted molar refractivity (Wildman–Crippen MR) is 77.2 cm³/mol. The quantitative estimate of drug-likeness (QED) is 0.763. The minimum atomic E-state index is 0.834. The van der Waals surface area contributed by atoms with Crippen molar-refractivity contribution in [3.8, 4) is 11.1 Å². The molecule has 1 N–H and O–H groups in total. The summed E-state index contributed by atoms with van der Waals surface area (Å²) < 4.78 is 0. The summed E-state index contributed by atoms with van der Waals surface area (Å²) in [4.78, 5) is 8.36. The molecule has 3 heteroatoms. The van der Waals surface area contributed by atoms with Crippen LogP contribution in [0.2, 0.25) is 0 Å². The largest absolute Gasteiger partial charge is 0.340 e. The first-order chi connectivity index (χ1) is 9.42. The molecule has 0 atom stereocenters. The van der Waals surface area contributed by atoms with E-state index in [4.69, 9.17) is 0 Å². The molecule has 2 heterocycles. The molecular weight excluding hydrogens is 234 g/mol. The zero-order chi connectivity index (χ0) is 12.9. The SMILES string of the molecule is c1ccc(Nc2cc(-c3ccncc3)ccn2)cc1. The van der Waals surface area contributed by atoms with Crippen LogP contribution in [0.4, 0.5) is 11.5 Å². The number of hydrogen-bond donors (Lipinski definition) is 1. The van der Waals surface area contributed by atoms with Gasteiger partial charge in [0.2, 0.25) is 0 Å². The Morgan fingerprint density at radius 2 is 1.47 bits per heavy atom. The molecule has 92 valence electrons. The van der Waals surface area contributed by atoms with E-state index in [0.717, 1.165) is 22.6 Å². The number of anilines is 2. The van der Waals surface area contributed by atoms with Crippen molar-refractivity contribution < 1.29 is 0 Å². The number of hydrogen-bond acceptors (Lipinski definition) is 3. The van der Waals surface area contributed by atoms with E-state index in [9.17, 15) is 0 Å². The summed E-state index contributed by atoms with van der Waals surface area (Å²) in [5.41, 5.74) is 3.28. The van der Waals surface area contributed by atoms with Gasteiger partial charge in [0.05, 0.1) is 0 Å². The third-order valence-electron chi connectivity index (χ3n) is 2.82. The van der Waals surface area contributed by atoms with Crippen molar-refractivity contribution in [2.24, 2.45) is 0 Å². The first-order valence-electron chi connectivity index (χ1n) is 6.10. The molecule has 0 fully saturated rings. The van der Waals surface area contributed by atoms with Crippen LogP contribution in [0.25, 0.3) is 11.1 Å². The van der Waals surface area contributed by atoms with Crippen LogP contribution in [-0.2, 0) is 0 Å². The Kier molecular flexibility index (Phi) is 3.19. The third-order valence-corrected chi connectivity index (χ3v) is 2.82. The van der Waals surface area contributed by atoms with E-state index in [-0.39, 0.29) is 0 Å². The normalized spacial score (nSPS) is 10.1.